The van der Waals surface area contributed by atoms with Crippen molar-refractivity contribution in [1.82, 2.24) is 19.9 Å². The molecule has 1 aromatic carbocycles. The van der Waals surface area contributed by atoms with Gasteiger partial charge in [0.25, 0.3) is 0 Å². The molecule has 0 aliphatic heterocycles. The first-order chi connectivity index (χ1) is 15.4. The van der Waals surface area contributed by atoms with Gasteiger partial charge in [0.15, 0.2) is 5.13 Å². The lowest BCUT2D eigenvalue weighted by atomic mass is 10.1. The van der Waals surface area contributed by atoms with Gasteiger partial charge in [-0.15, -0.1) is 11.3 Å². The lowest BCUT2D eigenvalue weighted by molar-refractivity contribution is -0.115. The van der Waals surface area contributed by atoms with Crippen LogP contribution in [0.15, 0.2) is 53.9 Å². The van der Waals surface area contributed by atoms with Crippen LogP contribution in [-0.2, 0) is 11.2 Å². The summed E-state index contributed by atoms with van der Waals surface area (Å²) in [6.45, 7) is 3.77. The first kappa shape index (κ1) is 21.6. The average Bonchev–Trinajstić information content (AvgIpc) is 3.15. The van der Waals surface area contributed by atoms with E-state index in [4.69, 9.17) is 4.74 Å². The second kappa shape index (κ2) is 9.65. The summed E-state index contributed by atoms with van der Waals surface area (Å²) in [5.41, 5.74) is 1.55. The standard InChI is InChI=1S/C22H21FN6O2S/c1-13-6-3-4-9-18(13)31-21-26-14(2)25-20(28-21)29-22-24-12-17(32-22)11-19(30)27-16-8-5-7-15(23)10-16/h4-5,7-10,12H,3,6,11H2,1-2H3,(H,27,30)(H,24,25,26,28,29). The van der Waals surface area contributed by atoms with Gasteiger partial charge in [0.05, 0.1) is 6.42 Å². The highest BCUT2D eigenvalue weighted by Gasteiger charge is 2.13. The number of anilines is 3. The molecule has 1 aliphatic rings. The number of ether oxygens (including phenoxy) is 1. The van der Waals surface area contributed by atoms with E-state index in [0.717, 1.165) is 29.1 Å². The minimum absolute atomic E-state index is 0.111. The van der Waals surface area contributed by atoms with Gasteiger partial charge >= 0.3 is 6.01 Å². The minimum Gasteiger partial charge on any atom is -0.424 e. The van der Waals surface area contributed by atoms with Gasteiger partial charge in [-0.05, 0) is 56.5 Å². The summed E-state index contributed by atoms with van der Waals surface area (Å²) in [5, 5.41) is 6.23. The molecular formula is C22H21FN6O2S. The van der Waals surface area contributed by atoms with Crippen LogP contribution in [0.3, 0.4) is 0 Å². The van der Waals surface area contributed by atoms with Crippen LogP contribution in [0, 0.1) is 12.7 Å². The van der Waals surface area contributed by atoms with Gasteiger partial charge in [0.2, 0.25) is 11.9 Å². The van der Waals surface area contributed by atoms with Gasteiger partial charge in [-0.3, -0.25) is 10.1 Å². The third-order valence-corrected chi connectivity index (χ3v) is 5.43. The van der Waals surface area contributed by atoms with E-state index in [1.165, 1.54) is 29.5 Å². The molecule has 32 heavy (non-hydrogen) atoms. The van der Waals surface area contributed by atoms with Crippen LogP contribution in [-0.4, -0.2) is 25.8 Å². The predicted molar refractivity (Wildman–Crippen MR) is 120 cm³/mol. The molecule has 0 spiro atoms. The van der Waals surface area contributed by atoms with Crippen molar-refractivity contribution in [1.29, 1.82) is 0 Å². The first-order valence-electron chi connectivity index (χ1n) is 9.98. The summed E-state index contributed by atoms with van der Waals surface area (Å²) in [4.78, 5) is 30.1. The van der Waals surface area contributed by atoms with Crippen LogP contribution in [0.4, 0.5) is 21.2 Å². The topological polar surface area (TPSA) is 102 Å². The van der Waals surface area contributed by atoms with E-state index >= 15 is 0 Å². The van der Waals surface area contributed by atoms with Crippen molar-refractivity contribution >= 4 is 34.0 Å². The maximum absolute atomic E-state index is 13.3. The predicted octanol–water partition coefficient (Wildman–Crippen LogP) is 4.70. The molecular weight excluding hydrogens is 431 g/mol. The van der Waals surface area contributed by atoms with E-state index in [1.54, 1.807) is 19.2 Å². The summed E-state index contributed by atoms with van der Waals surface area (Å²) >= 11 is 1.30. The molecule has 0 radical (unpaired) electrons. The number of aromatic nitrogens is 4. The summed E-state index contributed by atoms with van der Waals surface area (Å²) in [6.07, 6.45) is 7.62. The molecule has 164 valence electrons. The van der Waals surface area contributed by atoms with E-state index < -0.39 is 5.82 Å². The molecule has 2 N–H and O–H groups in total. The summed E-state index contributed by atoms with van der Waals surface area (Å²) in [7, 11) is 0. The van der Waals surface area contributed by atoms with Crippen molar-refractivity contribution < 1.29 is 13.9 Å². The number of hydrogen-bond donors (Lipinski definition) is 2. The Kier molecular flexibility index (Phi) is 6.50. The molecule has 0 fully saturated rings. The monoisotopic (exact) mass is 452 g/mol. The number of rotatable bonds is 7. The minimum atomic E-state index is -0.408. The van der Waals surface area contributed by atoms with Gasteiger partial charge in [0.1, 0.15) is 17.4 Å². The third-order valence-electron chi connectivity index (χ3n) is 4.52. The van der Waals surface area contributed by atoms with E-state index in [9.17, 15) is 9.18 Å². The van der Waals surface area contributed by atoms with Crippen molar-refractivity contribution in [3.8, 4) is 6.01 Å². The third kappa shape index (κ3) is 5.73. The summed E-state index contributed by atoms with van der Waals surface area (Å²) < 4.78 is 19.1. The van der Waals surface area contributed by atoms with Crippen LogP contribution >= 0.6 is 11.3 Å². The zero-order valence-corrected chi connectivity index (χ0v) is 18.4. The molecule has 0 bridgehead atoms. The highest BCUT2D eigenvalue weighted by molar-refractivity contribution is 7.15. The fourth-order valence-corrected chi connectivity index (χ4v) is 3.81. The zero-order chi connectivity index (χ0) is 22.5. The number of amides is 1. The average molecular weight is 453 g/mol. The molecule has 8 nitrogen and oxygen atoms in total. The molecule has 0 saturated heterocycles. The highest BCUT2D eigenvalue weighted by Crippen LogP contribution is 2.24. The van der Waals surface area contributed by atoms with E-state index in [-0.39, 0.29) is 18.3 Å². The van der Waals surface area contributed by atoms with Crippen molar-refractivity contribution in [3.63, 3.8) is 0 Å². The van der Waals surface area contributed by atoms with E-state index in [1.807, 2.05) is 13.0 Å². The van der Waals surface area contributed by atoms with Crippen LogP contribution in [0.25, 0.3) is 0 Å². The van der Waals surface area contributed by atoms with Gasteiger partial charge < -0.3 is 10.1 Å². The number of nitrogens with zero attached hydrogens (tertiary/aromatic N) is 4. The van der Waals surface area contributed by atoms with E-state index in [2.05, 4.69) is 36.6 Å². The first-order valence-corrected chi connectivity index (χ1v) is 10.8. The van der Waals surface area contributed by atoms with Crippen molar-refractivity contribution in [2.24, 2.45) is 0 Å². The molecule has 4 rings (SSSR count). The van der Waals surface area contributed by atoms with Gasteiger partial charge in [0, 0.05) is 16.8 Å². The maximum Gasteiger partial charge on any atom is 0.327 e. The Balaban J connectivity index is 1.40. The smallest absolute Gasteiger partial charge is 0.327 e. The van der Waals surface area contributed by atoms with Crippen LogP contribution < -0.4 is 15.4 Å². The van der Waals surface area contributed by atoms with Crippen LogP contribution in [0.5, 0.6) is 6.01 Å². The van der Waals surface area contributed by atoms with Crippen LogP contribution in [0.2, 0.25) is 0 Å². The lowest BCUT2D eigenvalue weighted by Crippen LogP contribution is -2.13. The molecule has 1 amide bonds. The van der Waals surface area contributed by atoms with Crippen molar-refractivity contribution in [2.45, 2.75) is 33.1 Å². The molecule has 2 aromatic heterocycles. The highest BCUT2D eigenvalue weighted by atomic mass is 32.1. The maximum atomic E-state index is 13.3. The van der Waals surface area contributed by atoms with Gasteiger partial charge in [-0.25, -0.2) is 9.37 Å². The second-order valence-electron chi connectivity index (χ2n) is 7.17. The Morgan fingerprint density at radius 3 is 2.94 bits per heavy atom. The fourth-order valence-electron chi connectivity index (χ4n) is 3.01. The number of carbonyl (C=O) groups excluding carboxylic acids is 1. The van der Waals surface area contributed by atoms with Crippen LogP contribution in [0.1, 0.15) is 30.5 Å². The Bertz CT molecular complexity index is 1210. The molecule has 10 heteroatoms. The Morgan fingerprint density at radius 2 is 2.12 bits per heavy atom. The molecule has 0 unspecified atom stereocenters. The van der Waals surface area contributed by atoms with Crippen molar-refractivity contribution in [2.75, 3.05) is 10.6 Å². The number of thiazole rings is 1. The number of nitrogens with one attached hydrogen (secondary N) is 2. The lowest BCUT2D eigenvalue weighted by Gasteiger charge is -2.13. The zero-order valence-electron chi connectivity index (χ0n) is 17.6. The van der Waals surface area contributed by atoms with Gasteiger partial charge in [-0.1, -0.05) is 12.1 Å². The fraction of sp³-hybridized carbons (Fsp3) is 0.227. The molecule has 0 saturated carbocycles. The number of benzene rings is 1. The largest absolute Gasteiger partial charge is 0.424 e. The molecule has 1 aliphatic carbocycles. The number of carbonyl (C=O) groups is 1. The molecule has 3 aromatic rings. The number of allylic oxidation sites excluding steroid dienone is 3. The number of halogens is 1. The number of aryl methyl sites for hydroxylation is 1. The molecule has 2 heterocycles. The van der Waals surface area contributed by atoms with Gasteiger partial charge in [-0.2, -0.15) is 15.0 Å². The number of hydrogen-bond acceptors (Lipinski definition) is 8. The van der Waals surface area contributed by atoms with E-state index in [0.29, 0.717) is 22.6 Å². The Labute approximate surface area is 188 Å². The quantitative estimate of drug-likeness (QED) is 0.536. The SMILES string of the molecule is CC1=C(Oc2nc(C)nc(Nc3ncc(CC(=O)Nc4cccc(F)c4)s3)n2)C=CCC1. The second-order valence-corrected chi connectivity index (χ2v) is 8.28. The normalized spacial score (nSPS) is 13.2. The molecule has 0 atom stereocenters. The van der Waals surface area contributed by atoms with Crippen molar-refractivity contribution in [3.05, 3.63) is 70.5 Å². The summed E-state index contributed by atoms with van der Waals surface area (Å²) in [5.74, 6) is 0.877. The Hall–Kier alpha value is -3.66. The Morgan fingerprint density at radius 1 is 1.25 bits per heavy atom. The summed E-state index contributed by atoms with van der Waals surface area (Å²) in [6, 6.07) is 5.95.